The third-order valence-corrected chi connectivity index (χ3v) is 6.03. The minimum absolute atomic E-state index is 0.192. The van der Waals surface area contributed by atoms with Gasteiger partial charge in [-0.25, -0.2) is 17.9 Å². The fourth-order valence-electron chi connectivity index (χ4n) is 3.90. The van der Waals surface area contributed by atoms with E-state index >= 15 is 0 Å². The Bertz CT molecular complexity index is 1270. The summed E-state index contributed by atoms with van der Waals surface area (Å²) in [6.07, 6.45) is 3.51. The number of sulfonamides is 1. The molecular formula is C20H23ClN6O3S. The Labute approximate surface area is 185 Å². The molecule has 1 amide bonds. The third kappa shape index (κ3) is 4.49. The lowest BCUT2D eigenvalue weighted by atomic mass is 10.00. The van der Waals surface area contributed by atoms with Crippen molar-refractivity contribution in [3.8, 4) is 0 Å². The summed E-state index contributed by atoms with van der Waals surface area (Å²) in [5.74, 6) is 0.694. The number of aryl methyl sites for hydroxylation is 2. The second kappa shape index (κ2) is 8.08. The minimum Gasteiger partial charge on any atom is -0.328 e. The Kier molecular flexibility index (Phi) is 5.61. The molecule has 3 heterocycles. The van der Waals surface area contributed by atoms with Crippen molar-refractivity contribution in [3.05, 3.63) is 52.1 Å². The van der Waals surface area contributed by atoms with Gasteiger partial charge in [0.1, 0.15) is 0 Å². The zero-order valence-electron chi connectivity index (χ0n) is 17.5. The van der Waals surface area contributed by atoms with Crippen LogP contribution < -0.4 is 4.72 Å². The van der Waals surface area contributed by atoms with Crippen molar-refractivity contribution in [2.24, 2.45) is 0 Å². The summed E-state index contributed by atoms with van der Waals surface area (Å²) in [6, 6.07) is 6.10. The van der Waals surface area contributed by atoms with Gasteiger partial charge in [0, 0.05) is 23.0 Å². The number of piperidine rings is 1. The van der Waals surface area contributed by atoms with E-state index in [2.05, 4.69) is 19.8 Å². The van der Waals surface area contributed by atoms with Gasteiger partial charge < -0.3 is 4.90 Å². The Morgan fingerprint density at radius 2 is 1.97 bits per heavy atom. The number of nitrogens with one attached hydrogen (secondary N) is 1. The van der Waals surface area contributed by atoms with Crippen LogP contribution in [-0.4, -0.2) is 51.6 Å². The summed E-state index contributed by atoms with van der Waals surface area (Å²) in [5, 5.41) is 4.96. The summed E-state index contributed by atoms with van der Waals surface area (Å²) in [5.41, 5.74) is 2.14. The Hall–Kier alpha value is -2.72. The van der Waals surface area contributed by atoms with Crippen LogP contribution in [0.3, 0.4) is 0 Å². The van der Waals surface area contributed by atoms with Crippen molar-refractivity contribution in [1.82, 2.24) is 24.5 Å². The molecule has 1 atom stereocenters. The molecule has 164 valence electrons. The number of benzene rings is 1. The summed E-state index contributed by atoms with van der Waals surface area (Å²) >= 11 is 6.13. The molecule has 0 radical (unpaired) electrons. The van der Waals surface area contributed by atoms with E-state index < -0.39 is 10.0 Å². The second-order valence-corrected chi connectivity index (χ2v) is 9.98. The van der Waals surface area contributed by atoms with Crippen LogP contribution in [0.5, 0.6) is 0 Å². The number of hydrogen-bond acceptors (Lipinski definition) is 6. The number of fused-ring (bicyclic) bond motifs is 1. The van der Waals surface area contributed by atoms with E-state index in [0.29, 0.717) is 29.6 Å². The van der Waals surface area contributed by atoms with E-state index in [1.165, 1.54) is 12.1 Å². The van der Waals surface area contributed by atoms with Gasteiger partial charge in [0.25, 0.3) is 11.7 Å². The number of aromatic nitrogens is 4. The van der Waals surface area contributed by atoms with Crippen molar-refractivity contribution in [3.63, 3.8) is 0 Å². The standard InChI is InChI=1S/C20H23ClN6O3S/c1-12-10-13(2)27-20(22-12)23-18(24-27)17-6-4-5-9-26(17)19(28)15-11-14(21)7-8-16(15)25-31(3,29)30/h7-8,10-11,17,25H,4-6,9H2,1-3H3/t17-/m1/s1. The monoisotopic (exact) mass is 462 g/mol. The highest BCUT2D eigenvalue weighted by atomic mass is 35.5. The molecule has 0 aliphatic carbocycles. The Balaban J connectivity index is 1.74. The Morgan fingerprint density at radius 3 is 2.71 bits per heavy atom. The molecule has 0 unspecified atom stereocenters. The minimum atomic E-state index is -3.57. The van der Waals surface area contributed by atoms with Crippen LogP contribution in [0.1, 0.15) is 52.9 Å². The molecule has 1 N–H and O–H groups in total. The van der Waals surface area contributed by atoms with Gasteiger partial charge in [-0.1, -0.05) is 11.6 Å². The van der Waals surface area contributed by atoms with Crippen LogP contribution in [0.15, 0.2) is 24.3 Å². The maximum Gasteiger partial charge on any atom is 0.256 e. The molecule has 1 saturated heterocycles. The maximum absolute atomic E-state index is 13.5. The number of amides is 1. The van der Waals surface area contributed by atoms with Gasteiger partial charge in [0.05, 0.1) is 23.5 Å². The van der Waals surface area contributed by atoms with Gasteiger partial charge in [0.2, 0.25) is 10.0 Å². The maximum atomic E-state index is 13.5. The first-order valence-corrected chi connectivity index (χ1v) is 12.2. The normalized spacial score (nSPS) is 17.2. The predicted octanol–water partition coefficient (Wildman–Crippen LogP) is 3.13. The van der Waals surface area contributed by atoms with E-state index in [1.54, 1.807) is 15.5 Å². The predicted molar refractivity (Wildman–Crippen MR) is 118 cm³/mol. The smallest absolute Gasteiger partial charge is 0.256 e. The van der Waals surface area contributed by atoms with Crippen molar-refractivity contribution in [2.45, 2.75) is 39.2 Å². The zero-order valence-corrected chi connectivity index (χ0v) is 19.0. The highest BCUT2D eigenvalue weighted by Crippen LogP contribution is 2.33. The van der Waals surface area contributed by atoms with Crippen LogP contribution in [0.2, 0.25) is 5.02 Å². The van der Waals surface area contributed by atoms with E-state index in [9.17, 15) is 13.2 Å². The summed E-state index contributed by atoms with van der Waals surface area (Å²) in [7, 11) is -3.57. The lowest BCUT2D eigenvalue weighted by molar-refractivity contribution is 0.0601. The fourth-order valence-corrected chi connectivity index (χ4v) is 4.65. The highest BCUT2D eigenvalue weighted by molar-refractivity contribution is 7.92. The number of carbonyl (C=O) groups excluding carboxylic acids is 1. The molecule has 11 heteroatoms. The lowest BCUT2D eigenvalue weighted by Crippen LogP contribution is -2.39. The SMILES string of the molecule is Cc1cc(C)n2nc([C@H]3CCCCN3C(=O)c3cc(Cl)ccc3NS(C)(=O)=O)nc2n1. The largest absolute Gasteiger partial charge is 0.328 e. The first kappa shape index (κ1) is 21.5. The lowest BCUT2D eigenvalue weighted by Gasteiger charge is -2.34. The molecule has 0 spiro atoms. The van der Waals surface area contributed by atoms with Gasteiger partial charge in [0.15, 0.2) is 5.82 Å². The number of halogens is 1. The Morgan fingerprint density at radius 1 is 1.19 bits per heavy atom. The molecular weight excluding hydrogens is 440 g/mol. The molecule has 9 nitrogen and oxygen atoms in total. The van der Waals surface area contributed by atoms with Gasteiger partial charge >= 0.3 is 0 Å². The molecule has 1 fully saturated rings. The molecule has 4 rings (SSSR count). The molecule has 1 aliphatic rings. The van der Waals surface area contributed by atoms with Gasteiger partial charge in [-0.15, -0.1) is 5.10 Å². The van der Waals surface area contributed by atoms with E-state index in [-0.39, 0.29) is 23.2 Å². The summed E-state index contributed by atoms with van der Waals surface area (Å²) < 4.78 is 27.6. The number of anilines is 1. The van der Waals surface area contributed by atoms with E-state index in [1.807, 2.05) is 19.9 Å². The van der Waals surface area contributed by atoms with E-state index in [4.69, 9.17) is 11.6 Å². The van der Waals surface area contributed by atoms with Gasteiger partial charge in [-0.05, 0) is 57.4 Å². The zero-order chi connectivity index (χ0) is 22.3. The molecule has 1 aromatic carbocycles. The van der Waals surface area contributed by atoms with Crippen molar-refractivity contribution in [2.75, 3.05) is 17.5 Å². The highest BCUT2D eigenvalue weighted by Gasteiger charge is 2.33. The van der Waals surface area contributed by atoms with E-state index in [0.717, 1.165) is 30.5 Å². The molecule has 2 aromatic heterocycles. The van der Waals surface area contributed by atoms with Crippen molar-refractivity contribution >= 4 is 39.0 Å². The van der Waals surface area contributed by atoms with Crippen LogP contribution in [0.25, 0.3) is 5.78 Å². The van der Waals surface area contributed by atoms with Gasteiger partial charge in [-0.3, -0.25) is 9.52 Å². The summed E-state index contributed by atoms with van der Waals surface area (Å²) in [6.45, 7) is 4.33. The van der Waals surface area contributed by atoms with Crippen molar-refractivity contribution in [1.29, 1.82) is 0 Å². The van der Waals surface area contributed by atoms with Crippen LogP contribution in [-0.2, 0) is 10.0 Å². The third-order valence-electron chi connectivity index (χ3n) is 5.20. The average molecular weight is 463 g/mol. The quantitative estimate of drug-likeness (QED) is 0.637. The number of rotatable bonds is 4. The van der Waals surface area contributed by atoms with Gasteiger partial charge in [-0.2, -0.15) is 4.98 Å². The first-order chi connectivity index (χ1) is 14.6. The molecule has 1 aliphatic heterocycles. The summed E-state index contributed by atoms with van der Waals surface area (Å²) in [4.78, 5) is 24.3. The first-order valence-electron chi connectivity index (χ1n) is 9.91. The average Bonchev–Trinajstić information content (AvgIpc) is 3.12. The molecule has 3 aromatic rings. The number of carbonyl (C=O) groups is 1. The molecule has 0 bridgehead atoms. The van der Waals surface area contributed by atoms with Crippen LogP contribution in [0, 0.1) is 13.8 Å². The fraction of sp³-hybridized carbons (Fsp3) is 0.400. The molecule has 31 heavy (non-hydrogen) atoms. The van der Waals surface area contributed by atoms with Crippen LogP contribution >= 0.6 is 11.6 Å². The van der Waals surface area contributed by atoms with Crippen LogP contribution in [0.4, 0.5) is 5.69 Å². The van der Waals surface area contributed by atoms with Crippen molar-refractivity contribution < 1.29 is 13.2 Å². The number of likely N-dealkylation sites (tertiary alicyclic amines) is 1. The topological polar surface area (TPSA) is 110 Å². The number of hydrogen-bond donors (Lipinski definition) is 1. The second-order valence-electron chi connectivity index (χ2n) is 7.79. The number of nitrogens with zero attached hydrogens (tertiary/aromatic N) is 5. The molecule has 0 saturated carbocycles.